The summed E-state index contributed by atoms with van der Waals surface area (Å²) in [6.45, 7) is 0. The van der Waals surface area contributed by atoms with Gasteiger partial charge in [0.2, 0.25) is 9.84 Å². The molecule has 0 bridgehead atoms. The minimum Gasteiger partial charge on any atom is -0.497 e. The molecular weight excluding hydrogens is 270 g/mol. The van der Waals surface area contributed by atoms with Gasteiger partial charge in [-0.3, -0.25) is 10.1 Å². The minimum absolute atomic E-state index is 0.690. The molecule has 1 aromatic rings. The molecule has 0 spiro atoms. The van der Waals surface area contributed by atoms with E-state index in [1.54, 1.807) is 37.5 Å². The van der Waals surface area contributed by atoms with Crippen LogP contribution in [0.1, 0.15) is 5.56 Å². The minimum atomic E-state index is -3.84. The van der Waals surface area contributed by atoms with E-state index in [-0.39, 0.29) is 0 Å². The van der Waals surface area contributed by atoms with Crippen LogP contribution >= 0.6 is 0 Å². The van der Waals surface area contributed by atoms with Gasteiger partial charge >= 0.3 is 5.03 Å². The Morgan fingerprint density at radius 2 is 1.89 bits per heavy atom. The predicted molar refractivity (Wildman–Crippen MR) is 71.9 cm³/mol. The van der Waals surface area contributed by atoms with Gasteiger partial charge in [0, 0.05) is 12.3 Å². The smallest absolute Gasteiger partial charge is 0.358 e. The van der Waals surface area contributed by atoms with Crippen LogP contribution < -0.4 is 4.74 Å². The van der Waals surface area contributed by atoms with Crippen LogP contribution in [0.3, 0.4) is 0 Å². The van der Waals surface area contributed by atoms with Gasteiger partial charge in [0.1, 0.15) is 5.75 Å². The first-order valence-corrected chi connectivity index (χ1v) is 7.10. The van der Waals surface area contributed by atoms with Crippen molar-refractivity contribution in [3.8, 4) is 5.75 Å². The van der Waals surface area contributed by atoms with Gasteiger partial charge in [0.25, 0.3) is 0 Å². The SMILES string of the molecule is COc1ccc(/C=C/C=C(/[N+](=O)[O-])S(C)(=O)=O)cc1. The van der Waals surface area contributed by atoms with Crippen LogP contribution in [-0.2, 0) is 9.84 Å². The Bertz CT molecular complexity index is 614. The van der Waals surface area contributed by atoms with Gasteiger partial charge in [-0.2, -0.15) is 0 Å². The maximum atomic E-state index is 11.1. The standard InChI is InChI=1S/C12H13NO5S/c1-18-11-8-6-10(7-9-11)4-3-5-12(13(14)15)19(2,16)17/h3-9H,1-2H3/b4-3+,12-5-. The maximum Gasteiger partial charge on any atom is 0.358 e. The molecule has 0 aromatic heterocycles. The number of rotatable bonds is 5. The molecule has 0 fully saturated rings. The Labute approximate surface area is 111 Å². The van der Waals surface area contributed by atoms with E-state index < -0.39 is 19.8 Å². The van der Waals surface area contributed by atoms with E-state index in [2.05, 4.69) is 0 Å². The monoisotopic (exact) mass is 283 g/mol. The van der Waals surface area contributed by atoms with Crippen LogP contribution in [0, 0.1) is 10.1 Å². The summed E-state index contributed by atoms with van der Waals surface area (Å²) >= 11 is 0. The van der Waals surface area contributed by atoms with Crippen LogP contribution in [0.25, 0.3) is 6.08 Å². The van der Waals surface area contributed by atoms with Crippen molar-refractivity contribution in [3.63, 3.8) is 0 Å². The molecule has 0 saturated carbocycles. The normalized spacial score (nSPS) is 12.6. The zero-order valence-electron chi connectivity index (χ0n) is 10.4. The molecule has 0 N–H and O–H groups in total. The second-order valence-electron chi connectivity index (χ2n) is 3.67. The third kappa shape index (κ3) is 4.55. The van der Waals surface area contributed by atoms with Gasteiger partial charge in [0.05, 0.1) is 12.0 Å². The fourth-order valence-corrected chi connectivity index (χ4v) is 1.87. The van der Waals surface area contributed by atoms with Crippen molar-refractivity contribution in [1.29, 1.82) is 0 Å². The number of ether oxygens (including phenoxy) is 1. The van der Waals surface area contributed by atoms with E-state index in [1.807, 2.05) is 0 Å². The fourth-order valence-electron chi connectivity index (χ4n) is 1.28. The van der Waals surface area contributed by atoms with Crippen molar-refractivity contribution in [2.24, 2.45) is 0 Å². The number of benzene rings is 1. The van der Waals surface area contributed by atoms with E-state index in [1.165, 1.54) is 6.08 Å². The highest BCUT2D eigenvalue weighted by Crippen LogP contribution is 2.13. The molecule has 0 atom stereocenters. The Kier molecular flexibility index (Phi) is 4.82. The summed E-state index contributed by atoms with van der Waals surface area (Å²) in [4.78, 5) is 9.66. The second-order valence-corrected chi connectivity index (χ2v) is 5.63. The van der Waals surface area contributed by atoms with E-state index in [0.717, 1.165) is 17.9 Å². The average Bonchev–Trinajstić information content (AvgIpc) is 2.33. The largest absolute Gasteiger partial charge is 0.497 e. The summed E-state index contributed by atoms with van der Waals surface area (Å²) in [5, 5.41) is 9.74. The number of methoxy groups -OCH3 is 1. The Balaban J connectivity index is 2.94. The molecule has 19 heavy (non-hydrogen) atoms. The summed E-state index contributed by atoms with van der Waals surface area (Å²) in [6.07, 6.45) is 4.64. The highest BCUT2D eigenvalue weighted by atomic mass is 32.2. The lowest BCUT2D eigenvalue weighted by atomic mass is 10.2. The van der Waals surface area contributed by atoms with Gasteiger partial charge in [-0.15, -0.1) is 0 Å². The maximum absolute atomic E-state index is 11.1. The van der Waals surface area contributed by atoms with Crippen molar-refractivity contribution in [1.82, 2.24) is 0 Å². The van der Waals surface area contributed by atoms with E-state index >= 15 is 0 Å². The van der Waals surface area contributed by atoms with Crippen molar-refractivity contribution in [2.75, 3.05) is 13.4 Å². The number of hydrogen-bond acceptors (Lipinski definition) is 5. The van der Waals surface area contributed by atoms with Gasteiger partial charge in [-0.1, -0.05) is 24.3 Å². The predicted octanol–water partition coefficient (Wildman–Crippen LogP) is 1.87. The van der Waals surface area contributed by atoms with E-state index in [0.29, 0.717) is 5.75 Å². The van der Waals surface area contributed by atoms with E-state index in [9.17, 15) is 18.5 Å². The molecule has 0 aliphatic rings. The van der Waals surface area contributed by atoms with Gasteiger partial charge < -0.3 is 4.74 Å². The molecule has 6 nitrogen and oxygen atoms in total. The highest BCUT2D eigenvalue weighted by Gasteiger charge is 2.22. The molecule has 0 saturated heterocycles. The molecule has 102 valence electrons. The molecule has 1 rings (SSSR count). The lowest BCUT2D eigenvalue weighted by Gasteiger charge is -1.98. The first kappa shape index (κ1) is 14.9. The number of nitro groups is 1. The number of allylic oxidation sites excluding steroid dienone is 2. The molecule has 0 unspecified atom stereocenters. The third-order valence-corrected chi connectivity index (χ3v) is 3.25. The molecule has 1 aromatic carbocycles. The third-order valence-electron chi connectivity index (χ3n) is 2.20. The summed E-state index contributed by atoms with van der Waals surface area (Å²) < 4.78 is 27.3. The molecule has 0 aliphatic carbocycles. The summed E-state index contributed by atoms with van der Waals surface area (Å²) in [7, 11) is -2.29. The van der Waals surface area contributed by atoms with Crippen molar-refractivity contribution in [3.05, 3.63) is 57.1 Å². The average molecular weight is 283 g/mol. The second kappa shape index (κ2) is 6.14. The van der Waals surface area contributed by atoms with Crippen molar-refractivity contribution >= 4 is 15.9 Å². The molecule has 0 heterocycles. The molecule has 0 amide bonds. The van der Waals surface area contributed by atoms with Crippen molar-refractivity contribution in [2.45, 2.75) is 0 Å². The van der Waals surface area contributed by atoms with Crippen molar-refractivity contribution < 1.29 is 18.1 Å². The van der Waals surface area contributed by atoms with Gasteiger partial charge in [-0.05, 0) is 17.7 Å². The number of sulfone groups is 1. The van der Waals surface area contributed by atoms with E-state index in [4.69, 9.17) is 4.74 Å². The fraction of sp³-hybridized carbons (Fsp3) is 0.167. The summed E-state index contributed by atoms with van der Waals surface area (Å²) in [6, 6.07) is 6.95. The summed E-state index contributed by atoms with van der Waals surface area (Å²) in [5.74, 6) is 0.690. The first-order chi connectivity index (χ1) is 8.84. The Morgan fingerprint density at radius 1 is 1.32 bits per heavy atom. The highest BCUT2D eigenvalue weighted by molar-refractivity contribution is 7.94. The van der Waals surface area contributed by atoms with Crippen LogP contribution in [0.15, 0.2) is 41.4 Å². The van der Waals surface area contributed by atoms with Crippen LogP contribution in [0.2, 0.25) is 0 Å². The lowest BCUT2D eigenvalue weighted by Crippen LogP contribution is -2.09. The zero-order chi connectivity index (χ0) is 14.5. The van der Waals surface area contributed by atoms with Gasteiger partial charge in [0.15, 0.2) is 0 Å². The lowest BCUT2D eigenvalue weighted by molar-refractivity contribution is -0.411. The Morgan fingerprint density at radius 3 is 2.32 bits per heavy atom. The first-order valence-electron chi connectivity index (χ1n) is 5.21. The summed E-state index contributed by atoms with van der Waals surface area (Å²) in [5.41, 5.74) is 0.772. The van der Waals surface area contributed by atoms with Crippen LogP contribution in [0.4, 0.5) is 0 Å². The quantitative estimate of drug-likeness (QED) is 0.467. The molecular formula is C12H13NO5S. The molecule has 0 radical (unpaired) electrons. The van der Waals surface area contributed by atoms with Crippen LogP contribution in [0.5, 0.6) is 5.75 Å². The molecule has 0 aliphatic heterocycles. The molecule has 7 heteroatoms. The number of nitrogens with zero attached hydrogens (tertiary/aromatic N) is 1. The van der Waals surface area contributed by atoms with Crippen LogP contribution in [-0.4, -0.2) is 26.7 Å². The Hall–Kier alpha value is -2.15. The van der Waals surface area contributed by atoms with Gasteiger partial charge in [-0.25, -0.2) is 8.42 Å². The topological polar surface area (TPSA) is 86.5 Å². The number of hydrogen-bond donors (Lipinski definition) is 0. The zero-order valence-corrected chi connectivity index (χ0v) is 11.3.